The van der Waals surface area contributed by atoms with Crippen molar-refractivity contribution in [1.82, 2.24) is 25.6 Å². The second-order valence-corrected chi connectivity index (χ2v) is 6.72. The molecule has 7 heteroatoms. The predicted molar refractivity (Wildman–Crippen MR) is 95.8 cm³/mol. The highest BCUT2D eigenvalue weighted by Gasteiger charge is 2.23. The Morgan fingerprint density at radius 2 is 2.16 bits per heavy atom. The summed E-state index contributed by atoms with van der Waals surface area (Å²) in [6.45, 7) is 1.14. The third-order valence-corrected chi connectivity index (χ3v) is 5.09. The Morgan fingerprint density at radius 3 is 3.00 bits per heavy atom. The van der Waals surface area contributed by atoms with Gasteiger partial charge >= 0.3 is 0 Å². The van der Waals surface area contributed by atoms with Gasteiger partial charge in [0.25, 0.3) is 0 Å². The van der Waals surface area contributed by atoms with Crippen LogP contribution < -0.4 is 10.6 Å². The molecular formula is C18H17N5OS. The molecule has 126 valence electrons. The molecule has 0 saturated heterocycles. The first kappa shape index (κ1) is 15.9. The minimum Gasteiger partial charge on any atom is -0.349 e. The van der Waals surface area contributed by atoms with Crippen molar-refractivity contribution in [3.63, 3.8) is 0 Å². The predicted octanol–water partition coefficient (Wildman–Crippen LogP) is 1.93. The van der Waals surface area contributed by atoms with Gasteiger partial charge in [0, 0.05) is 24.3 Å². The van der Waals surface area contributed by atoms with E-state index >= 15 is 0 Å². The Labute approximate surface area is 149 Å². The third kappa shape index (κ3) is 3.57. The first-order chi connectivity index (χ1) is 12.3. The summed E-state index contributed by atoms with van der Waals surface area (Å²) < 4.78 is 0. The molecule has 0 saturated carbocycles. The largest absolute Gasteiger partial charge is 0.349 e. The molecule has 4 rings (SSSR count). The first-order valence-electron chi connectivity index (χ1n) is 8.08. The second-order valence-electron chi connectivity index (χ2n) is 5.86. The molecule has 0 fully saturated rings. The van der Waals surface area contributed by atoms with Crippen molar-refractivity contribution in [2.45, 2.75) is 25.6 Å². The minimum atomic E-state index is -0.201. The van der Waals surface area contributed by atoms with E-state index in [0.29, 0.717) is 13.0 Å². The highest BCUT2D eigenvalue weighted by Crippen LogP contribution is 2.21. The first-order valence-corrected chi connectivity index (χ1v) is 8.96. The summed E-state index contributed by atoms with van der Waals surface area (Å²) in [5.74, 6) is 0.00329. The highest BCUT2D eigenvalue weighted by atomic mass is 32.1. The number of rotatable bonds is 4. The quantitative estimate of drug-likeness (QED) is 0.751. The van der Waals surface area contributed by atoms with Gasteiger partial charge in [-0.1, -0.05) is 24.3 Å². The summed E-state index contributed by atoms with van der Waals surface area (Å²) in [5, 5.41) is 9.01. The lowest BCUT2D eigenvalue weighted by molar-refractivity contribution is -0.123. The van der Waals surface area contributed by atoms with E-state index in [1.807, 2.05) is 17.5 Å². The number of amides is 1. The van der Waals surface area contributed by atoms with Gasteiger partial charge in [0.15, 0.2) is 0 Å². The van der Waals surface area contributed by atoms with Crippen molar-refractivity contribution in [2.75, 3.05) is 0 Å². The van der Waals surface area contributed by atoms with E-state index in [-0.39, 0.29) is 11.9 Å². The van der Waals surface area contributed by atoms with Gasteiger partial charge in [0.1, 0.15) is 10.7 Å². The number of carbonyl (C=O) groups excluding carboxylic acids is 1. The summed E-state index contributed by atoms with van der Waals surface area (Å²) in [6.07, 6.45) is 5.67. The molecule has 1 atom stereocenters. The van der Waals surface area contributed by atoms with Crippen LogP contribution in [0.5, 0.6) is 0 Å². The maximum Gasteiger partial charge on any atom is 0.237 e. The van der Waals surface area contributed by atoms with Crippen LogP contribution in [0, 0.1) is 0 Å². The van der Waals surface area contributed by atoms with Gasteiger partial charge in [-0.15, -0.1) is 11.3 Å². The van der Waals surface area contributed by atoms with Crippen LogP contribution in [-0.4, -0.2) is 26.9 Å². The summed E-state index contributed by atoms with van der Waals surface area (Å²) >= 11 is 1.50. The lowest BCUT2D eigenvalue weighted by atomic mass is 9.95. The molecule has 3 aromatic rings. The smallest absolute Gasteiger partial charge is 0.237 e. The van der Waals surface area contributed by atoms with Crippen LogP contribution in [0.1, 0.15) is 16.8 Å². The van der Waals surface area contributed by atoms with Crippen molar-refractivity contribution in [1.29, 1.82) is 0 Å². The average molecular weight is 351 g/mol. The van der Waals surface area contributed by atoms with E-state index in [4.69, 9.17) is 0 Å². The summed E-state index contributed by atoms with van der Waals surface area (Å²) in [6, 6.07) is 8.03. The highest BCUT2D eigenvalue weighted by molar-refractivity contribution is 7.13. The molecule has 0 radical (unpaired) electrons. The van der Waals surface area contributed by atoms with Crippen LogP contribution in [0.15, 0.2) is 48.2 Å². The van der Waals surface area contributed by atoms with Crippen LogP contribution in [0.4, 0.5) is 0 Å². The fourth-order valence-corrected chi connectivity index (χ4v) is 3.64. The molecule has 3 heterocycles. The zero-order valence-corrected chi connectivity index (χ0v) is 14.3. The monoisotopic (exact) mass is 351 g/mol. The number of benzene rings is 1. The fourth-order valence-electron chi connectivity index (χ4n) is 2.86. The standard InChI is InChI=1S/C18H17N5OS/c24-17(15-7-12-3-1-2-4-13(12)8-21-15)22-9-14-11-25-18(23-14)16-10-19-5-6-20-16/h1-6,10-11,15,21H,7-9H2,(H,22,24)/t15-/m1/s1. The number of hydrogen-bond acceptors (Lipinski definition) is 6. The van der Waals surface area contributed by atoms with Crippen LogP contribution in [0.25, 0.3) is 10.7 Å². The molecule has 25 heavy (non-hydrogen) atoms. The lowest BCUT2D eigenvalue weighted by Gasteiger charge is -2.25. The van der Waals surface area contributed by atoms with Crippen LogP contribution >= 0.6 is 11.3 Å². The number of nitrogens with one attached hydrogen (secondary N) is 2. The number of aromatic nitrogens is 3. The second kappa shape index (κ2) is 7.08. The summed E-state index contributed by atoms with van der Waals surface area (Å²) in [7, 11) is 0. The van der Waals surface area contributed by atoms with Gasteiger partial charge in [-0.05, 0) is 17.5 Å². The molecular weight excluding hydrogens is 334 g/mol. The van der Waals surface area contributed by atoms with Crippen molar-refractivity contribution < 1.29 is 4.79 Å². The molecule has 0 spiro atoms. The van der Waals surface area contributed by atoms with E-state index in [1.54, 1.807) is 18.6 Å². The van der Waals surface area contributed by atoms with Crippen molar-refractivity contribution in [3.05, 3.63) is 65.1 Å². The number of hydrogen-bond donors (Lipinski definition) is 2. The molecule has 6 nitrogen and oxygen atoms in total. The number of fused-ring (bicyclic) bond motifs is 1. The maximum atomic E-state index is 12.4. The van der Waals surface area contributed by atoms with Crippen molar-refractivity contribution >= 4 is 17.2 Å². The zero-order chi connectivity index (χ0) is 17.1. The van der Waals surface area contributed by atoms with Crippen molar-refractivity contribution in [2.24, 2.45) is 0 Å². The van der Waals surface area contributed by atoms with Crippen molar-refractivity contribution in [3.8, 4) is 10.7 Å². The van der Waals surface area contributed by atoms with E-state index in [9.17, 15) is 4.79 Å². The Bertz CT molecular complexity index is 880. The molecule has 1 aromatic carbocycles. The molecule has 1 amide bonds. The Morgan fingerprint density at radius 1 is 1.28 bits per heavy atom. The molecule has 0 aliphatic carbocycles. The summed E-state index contributed by atoms with van der Waals surface area (Å²) in [5.41, 5.74) is 4.07. The van der Waals surface area contributed by atoms with Crippen LogP contribution in [0.2, 0.25) is 0 Å². The number of carbonyl (C=O) groups is 1. The molecule has 1 aliphatic rings. The van der Waals surface area contributed by atoms with Gasteiger partial charge in [-0.2, -0.15) is 0 Å². The lowest BCUT2D eigenvalue weighted by Crippen LogP contribution is -2.47. The Hall–Kier alpha value is -2.64. The molecule has 0 unspecified atom stereocenters. The number of nitrogens with zero attached hydrogens (tertiary/aromatic N) is 3. The van der Waals surface area contributed by atoms with E-state index in [0.717, 1.165) is 22.9 Å². The topological polar surface area (TPSA) is 79.8 Å². The van der Waals surface area contributed by atoms with Crippen LogP contribution in [-0.2, 0) is 24.3 Å². The zero-order valence-electron chi connectivity index (χ0n) is 13.5. The Balaban J connectivity index is 1.36. The molecule has 2 N–H and O–H groups in total. The van der Waals surface area contributed by atoms with Gasteiger partial charge < -0.3 is 10.6 Å². The molecule has 2 aromatic heterocycles. The van der Waals surface area contributed by atoms with E-state index < -0.39 is 0 Å². The third-order valence-electron chi connectivity index (χ3n) is 4.18. The fraction of sp³-hybridized carbons (Fsp3) is 0.222. The Kier molecular flexibility index (Phi) is 4.49. The SMILES string of the molecule is O=C(NCc1csc(-c2cnccn2)n1)[C@H]1Cc2ccccc2CN1. The van der Waals surface area contributed by atoms with E-state index in [2.05, 4.69) is 37.7 Å². The summed E-state index contributed by atoms with van der Waals surface area (Å²) in [4.78, 5) is 25.2. The maximum absolute atomic E-state index is 12.4. The van der Waals surface area contributed by atoms with Gasteiger partial charge in [-0.25, -0.2) is 4.98 Å². The minimum absolute atomic E-state index is 0.00329. The normalized spacial score (nSPS) is 16.2. The molecule has 1 aliphatic heterocycles. The van der Waals surface area contributed by atoms with E-state index in [1.165, 1.54) is 22.5 Å². The van der Waals surface area contributed by atoms with Gasteiger partial charge in [0.2, 0.25) is 5.91 Å². The number of thiazole rings is 1. The average Bonchev–Trinajstić information content (AvgIpc) is 3.15. The molecule has 0 bridgehead atoms. The van der Waals surface area contributed by atoms with Crippen LogP contribution in [0.3, 0.4) is 0 Å². The van der Waals surface area contributed by atoms with Gasteiger partial charge in [-0.3, -0.25) is 14.8 Å². The van der Waals surface area contributed by atoms with Gasteiger partial charge in [0.05, 0.1) is 24.5 Å².